The van der Waals surface area contributed by atoms with Gasteiger partial charge in [0.15, 0.2) is 0 Å². The van der Waals surface area contributed by atoms with E-state index in [1.807, 2.05) is 0 Å². The zero-order valence-electron chi connectivity index (χ0n) is 9.80. The molecule has 0 amide bonds. The van der Waals surface area contributed by atoms with Crippen molar-refractivity contribution < 1.29 is 18.9 Å². The summed E-state index contributed by atoms with van der Waals surface area (Å²) < 4.78 is 20.8. The Kier molecular flexibility index (Phi) is 3.48. The van der Waals surface area contributed by atoms with Crippen molar-refractivity contribution in [2.75, 3.05) is 39.8 Å². The summed E-state index contributed by atoms with van der Waals surface area (Å²) in [7, 11) is 2.97. The van der Waals surface area contributed by atoms with Gasteiger partial charge in [0.2, 0.25) is 11.7 Å². The molecule has 0 spiro atoms. The molecule has 1 fully saturated rings. The summed E-state index contributed by atoms with van der Waals surface area (Å²) in [6, 6.07) is 0. The van der Waals surface area contributed by atoms with Gasteiger partial charge in [0.25, 0.3) is 11.8 Å². The molecule has 2 rings (SSSR count). The topological polar surface area (TPSA) is 88.7 Å². The lowest BCUT2D eigenvalue weighted by atomic mass is 10.1. The van der Waals surface area contributed by atoms with E-state index in [4.69, 9.17) is 24.7 Å². The highest BCUT2D eigenvalue weighted by molar-refractivity contribution is 5.46. The predicted octanol–water partition coefficient (Wildman–Crippen LogP) is 0.101. The van der Waals surface area contributed by atoms with Crippen LogP contribution in [0.4, 0.5) is 5.95 Å². The fraction of sp³-hybridized carbons (Fsp3) is 0.600. The van der Waals surface area contributed by atoms with Crippen molar-refractivity contribution in [3.05, 3.63) is 0 Å². The van der Waals surface area contributed by atoms with Crippen molar-refractivity contribution in [3.63, 3.8) is 0 Å². The summed E-state index contributed by atoms with van der Waals surface area (Å²) in [6.07, 6.45) is 0. The highest BCUT2D eigenvalue weighted by Crippen LogP contribution is 2.34. The molecular formula is C10H15N3O4. The number of nitrogens with zero attached hydrogens (tertiary/aromatic N) is 2. The molecule has 0 radical (unpaired) electrons. The van der Waals surface area contributed by atoms with Gasteiger partial charge in [-0.05, 0) is 0 Å². The van der Waals surface area contributed by atoms with Gasteiger partial charge in [-0.2, -0.15) is 9.97 Å². The van der Waals surface area contributed by atoms with Crippen LogP contribution in [-0.2, 0) is 4.74 Å². The SMILES string of the molecule is COc1nc(N)nc(OC)c1OCC1COC1. The number of anilines is 1. The Balaban J connectivity index is 2.16. The number of aromatic nitrogens is 2. The maximum atomic E-state index is 5.60. The van der Waals surface area contributed by atoms with E-state index in [-0.39, 0.29) is 17.7 Å². The Bertz CT molecular complexity index is 370. The second-order valence-electron chi connectivity index (χ2n) is 3.64. The average molecular weight is 241 g/mol. The van der Waals surface area contributed by atoms with Gasteiger partial charge in [-0.3, -0.25) is 0 Å². The maximum Gasteiger partial charge on any atom is 0.265 e. The normalized spacial score (nSPS) is 15.2. The van der Waals surface area contributed by atoms with E-state index in [1.54, 1.807) is 0 Å². The van der Waals surface area contributed by atoms with Gasteiger partial charge in [-0.1, -0.05) is 0 Å². The third kappa shape index (κ3) is 2.50. The second kappa shape index (κ2) is 5.05. The lowest BCUT2D eigenvalue weighted by Gasteiger charge is -2.26. The van der Waals surface area contributed by atoms with Gasteiger partial charge in [0.05, 0.1) is 34.0 Å². The zero-order valence-corrected chi connectivity index (χ0v) is 9.80. The van der Waals surface area contributed by atoms with Gasteiger partial charge in [0, 0.05) is 5.92 Å². The van der Waals surface area contributed by atoms with E-state index in [1.165, 1.54) is 14.2 Å². The summed E-state index contributed by atoms with van der Waals surface area (Å²) >= 11 is 0. The summed E-state index contributed by atoms with van der Waals surface area (Å²) in [5, 5.41) is 0. The van der Waals surface area contributed by atoms with E-state index in [2.05, 4.69) is 9.97 Å². The zero-order chi connectivity index (χ0) is 12.3. The van der Waals surface area contributed by atoms with E-state index in [0.717, 1.165) is 0 Å². The van der Waals surface area contributed by atoms with Crippen LogP contribution in [0.2, 0.25) is 0 Å². The van der Waals surface area contributed by atoms with Crippen LogP contribution in [-0.4, -0.2) is 44.0 Å². The van der Waals surface area contributed by atoms with E-state index in [0.29, 0.717) is 31.5 Å². The van der Waals surface area contributed by atoms with Crippen LogP contribution in [0.15, 0.2) is 0 Å². The fourth-order valence-corrected chi connectivity index (χ4v) is 1.41. The molecule has 0 unspecified atom stereocenters. The molecule has 0 aromatic carbocycles. The second-order valence-corrected chi connectivity index (χ2v) is 3.64. The van der Waals surface area contributed by atoms with Crippen molar-refractivity contribution in [2.24, 2.45) is 5.92 Å². The monoisotopic (exact) mass is 241 g/mol. The molecule has 94 valence electrons. The lowest BCUT2D eigenvalue weighted by Crippen LogP contribution is -2.32. The molecule has 1 aliphatic heterocycles. The molecule has 0 atom stereocenters. The summed E-state index contributed by atoms with van der Waals surface area (Å²) in [5.41, 5.74) is 5.51. The third-order valence-corrected chi connectivity index (χ3v) is 2.38. The molecule has 7 heteroatoms. The first-order chi connectivity index (χ1) is 8.24. The van der Waals surface area contributed by atoms with Gasteiger partial charge in [0.1, 0.15) is 0 Å². The van der Waals surface area contributed by atoms with E-state index in [9.17, 15) is 0 Å². The minimum absolute atomic E-state index is 0.0815. The Hall–Kier alpha value is -1.76. The van der Waals surface area contributed by atoms with Crippen LogP contribution in [0, 0.1) is 5.92 Å². The number of methoxy groups -OCH3 is 2. The Labute approximate surface area is 98.8 Å². The lowest BCUT2D eigenvalue weighted by molar-refractivity contribution is -0.0515. The first-order valence-electron chi connectivity index (χ1n) is 5.20. The predicted molar refractivity (Wildman–Crippen MR) is 59.4 cm³/mol. The van der Waals surface area contributed by atoms with Gasteiger partial charge < -0.3 is 24.7 Å². The number of ether oxygens (including phenoxy) is 4. The van der Waals surface area contributed by atoms with Crippen molar-refractivity contribution >= 4 is 5.95 Å². The average Bonchev–Trinajstić information content (AvgIpc) is 2.27. The third-order valence-electron chi connectivity index (χ3n) is 2.38. The maximum absolute atomic E-state index is 5.60. The summed E-state index contributed by atoms with van der Waals surface area (Å²) in [4.78, 5) is 7.86. The first-order valence-corrected chi connectivity index (χ1v) is 5.20. The van der Waals surface area contributed by atoms with Crippen LogP contribution in [0.5, 0.6) is 17.5 Å². The number of hydrogen-bond acceptors (Lipinski definition) is 7. The molecular weight excluding hydrogens is 226 g/mol. The molecule has 0 bridgehead atoms. The molecule has 1 saturated heterocycles. The minimum Gasteiger partial charge on any atom is -0.484 e. The quantitative estimate of drug-likeness (QED) is 0.782. The highest BCUT2D eigenvalue weighted by atomic mass is 16.5. The number of nitrogen functional groups attached to an aromatic ring is 1. The van der Waals surface area contributed by atoms with Crippen LogP contribution >= 0.6 is 0 Å². The largest absolute Gasteiger partial charge is 0.484 e. The standard InChI is InChI=1S/C10H15N3O4/c1-14-8-7(17-5-6-3-16-4-6)9(15-2)13-10(11)12-8/h6H,3-5H2,1-2H3,(H2,11,12,13). The molecule has 2 N–H and O–H groups in total. The van der Waals surface area contributed by atoms with Gasteiger partial charge >= 0.3 is 0 Å². The van der Waals surface area contributed by atoms with Gasteiger partial charge in [-0.25, -0.2) is 0 Å². The molecule has 2 heterocycles. The Morgan fingerprint density at radius 2 is 1.82 bits per heavy atom. The molecule has 7 nitrogen and oxygen atoms in total. The van der Waals surface area contributed by atoms with Crippen molar-refractivity contribution in [3.8, 4) is 17.5 Å². The highest BCUT2D eigenvalue weighted by Gasteiger charge is 2.22. The smallest absolute Gasteiger partial charge is 0.265 e. The molecule has 1 aromatic heterocycles. The van der Waals surface area contributed by atoms with Crippen molar-refractivity contribution in [2.45, 2.75) is 0 Å². The summed E-state index contributed by atoms with van der Waals surface area (Å²) in [5.74, 6) is 1.39. The minimum atomic E-state index is 0.0815. The molecule has 1 aliphatic rings. The van der Waals surface area contributed by atoms with Crippen molar-refractivity contribution in [1.29, 1.82) is 0 Å². The van der Waals surface area contributed by atoms with Crippen LogP contribution in [0.25, 0.3) is 0 Å². The van der Waals surface area contributed by atoms with Crippen LogP contribution in [0.3, 0.4) is 0 Å². The number of hydrogen-bond donors (Lipinski definition) is 1. The number of rotatable bonds is 5. The molecule has 17 heavy (non-hydrogen) atoms. The van der Waals surface area contributed by atoms with Crippen LogP contribution in [0.1, 0.15) is 0 Å². The Morgan fingerprint density at radius 3 is 2.24 bits per heavy atom. The molecule has 1 aromatic rings. The van der Waals surface area contributed by atoms with Crippen molar-refractivity contribution in [1.82, 2.24) is 9.97 Å². The Morgan fingerprint density at radius 1 is 1.24 bits per heavy atom. The van der Waals surface area contributed by atoms with E-state index < -0.39 is 0 Å². The van der Waals surface area contributed by atoms with Gasteiger partial charge in [-0.15, -0.1) is 0 Å². The molecule has 0 aliphatic carbocycles. The number of nitrogens with two attached hydrogens (primary N) is 1. The first kappa shape index (κ1) is 11.7. The molecule has 0 saturated carbocycles. The van der Waals surface area contributed by atoms with E-state index >= 15 is 0 Å². The summed E-state index contributed by atoms with van der Waals surface area (Å²) in [6.45, 7) is 1.93. The fourth-order valence-electron chi connectivity index (χ4n) is 1.41. The van der Waals surface area contributed by atoms with Crippen LogP contribution < -0.4 is 19.9 Å².